The van der Waals surface area contributed by atoms with Gasteiger partial charge in [-0.05, 0) is 30.9 Å². The number of ether oxygens (including phenoxy) is 1. The predicted octanol–water partition coefficient (Wildman–Crippen LogP) is 2.85. The Hall–Kier alpha value is -1.96. The molecule has 1 aromatic carbocycles. The van der Waals surface area contributed by atoms with E-state index in [-0.39, 0.29) is 37.1 Å². The van der Waals surface area contributed by atoms with Crippen LogP contribution in [0.3, 0.4) is 0 Å². The second-order valence-corrected chi connectivity index (χ2v) is 9.87. The van der Waals surface area contributed by atoms with Crippen molar-refractivity contribution in [1.29, 1.82) is 0 Å². The van der Waals surface area contributed by atoms with E-state index in [1.807, 2.05) is 4.90 Å². The van der Waals surface area contributed by atoms with Crippen LogP contribution in [0.15, 0.2) is 24.3 Å². The number of halogens is 1. The Morgan fingerprint density at radius 3 is 2.48 bits per heavy atom. The molecule has 2 heterocycles. The zero-order chi connectivity index (χ0) is 23.4. The van der Waals surface area contributed by atoms with Gasteiger partial charge in [-0.25, -0.2) is 0 Å². The van der Waals surface area contributed by atoms with E-state index in [0.29, 0.717) is 42.7 Å². The van der Waals surface area contributed by atoms with Crippen molar-refractivity contribution in [3.8, 4) is 0 Å². The third-order valence-electron chi connectivity index (χ3n) is 7.49. The number of imide groups is 1. The van der Waals surface area contributed by atoms with Gasteiger partial charge in [0.05, 0.1) is 5.41 Å². The molecule has 1 unspecified atom stereocenters. The third-order valence-corrected chi connectivity index (χ3v) is 7.82. The Balaban J connectivity index is 1.51. The summed E-state index contributed by atoms with van der Waals surface area (Å²) in [6.07, 6.45) is 5.58. The normalized spacial score (nSPS) is 24.8. The monoisotopic (exact) mass is 475 g/mol. The lowest BCUT2D eigenvalue weighted by atomic mass is 9.75. The number of methoxy groups -OCH3 is 1. The molecule has 180 valence electrons. The summed E-state index contributed by atoms with van der Waals surface area (Å²) in [6, 6.07) is 7.73. The molecular formula is C25H34ClN3O4. The van der Waals surface area contributed by atoms with E-state index in [0.717, 1.165) is 13.1 Å². The van der Waals surface area contributed by atoms with Crippen molar-refractivity contribution >= 4 is 29.3 Å². The van der Waals surface area contributed by atoms with Gasteiger partial charge in [-0.15, -0.1) is 0 Å². The molecule has 33 heavy (non-hydrogen) atoms. The van der Waals surface area contributed by atoms with Gasteiger partial charge in [0.2, 0.25) is 17.7 Å². The van der Waals surface area contributed by atoms with Crippen LogP contribution in [0.1, 0.15) is 50.5 Å². The van der Waals surface area contributed by atoms with Crippen LogP contribution >= 0.6 is 11.6 Å². The van der Waals surface area contributed by atoms with Gasteiger partial charge in [0.15, 0.2) is 0 Å². The first-order valence-electron chi connectivity index (χ1n) is 12.1. The van der Waals surface area contributed by atoms with Crippen LogP contribution in [0.2, 0.25) is 5.02 Å². The fourth-order valence-electron chi connectivity index (χ4n) is 5.66. The second kappa shape index (κ2) is 10.5. The standard InChI is InChI=1S/C25H34ClN3O4/c1-33-16-6-11-29-23(31)18-25(24(29)32,20-9-4-5-10-21(20)26)17-22(30)28-14-12-27(13-15-28)19-7-2-3-8-19/h4-5,9-10,19H,2-3,6-8,11-18H2,1H3. The number of carbonyl (C=O) groups is 3. The van der Waals surface area contributed by atoms with Gasteiger partial charge in [-0.1, -0.05) is 42.6 Å². The van der Waals surface area contributed by atoms with Gasteiger partial charge < -0.3 is 9.64 Å². The number of hydrogen-bond acceptors (Lipinski definition) is 5. The van der Waals surface area contributed by atoms with Gasteiger partial charge in [0.1, 0.15) is 0 Å². The van der Waals surface area contributed by atoms with Gasteiger partial charge in [-0.2, -0.15) is 0 Å². The lowest BCUT2D eigenvalue weighted by Crippen LogP contribution is -2.53. The smallest absolute Gasteiger partial charge is 0.240 e. The largest absolute Gasteiger partial charge is 0.385 e. The number of nitrogens with zero attached hydrogens (tertiary/aromatic N) is 3. The van der Waals surface area contributed by atoms with Crippen molar-refractivity contribution in [1.82, 2.24) is 14.7 Å². The van der Waals surface area contributed by atoms with E-state index in [4.69, 9.17) is 16.3 Å². The van der Waals surface area contributed by atoms with Gasteiger partial charge in [0, 0.05) is 70.3 Å². The topological polar surface area (TPSA) is 70.2 Å². The predicted molar refractivity (Wildman–Crippen MR) is 126 cm³/mol. The van der Waals surface area contributed by atoms with Crippen LogP contribution in [0.4, 0.5) is 0 Å². The SMILES string of the molecule is COCCCN1C(=O)CC(CC(=O)N2CCN(C3CCCC3)CC2)(c2ccccc2Cl)C1=O. The molecule has 0 radical (unpaired) electrons. The Bertz CT molecular complexity index is 880. The van der Waals surface area contributed by atoms with E-state index >= 15 is 0 Å². The van der Waals surface area contributed by atoms with Gasteiger partial charge in [-0.3, -0.25) is 24.2 Å². The number of rotatable bonds is 8. The molecule has 0 spiro atoms. The third kappa shape index (κ3) is 4.96. The van der Waals surface area contributed by atoms with E-state index in [1.54, 1.807) is 31.4 Å². The average Bonchev–Trinajstić information content (AvgIpc) is 3.43. The highest BCUT2D eigenvalue weighted by Gasteiger charge is 2.54. The fourth-order valence-corrected chi connectivity index (χ4v) is 5.98. The van der Waals surface area contributed by atoms with E-state index < -0.39 is 5.41 Å². The van der Waals surface area contributed by atoms with Crippen LogP contribution in [-0.4, -0.2) is 84.9 Å². The molecule has 7 nitrogen and oxygen atoms in total. The summed E-state index contributed by atoms with van der Waals surface area (Å²) in [4.78, 5) is 45.7. The maximum atomic E-state index is 13.7. The van der Waals surface area contributed by atoms with Crippen LogP contribution in [-0.2, 0) is 24.5 Å². The van der Waals surface area contributed by atoms with E-state index in [2.05, 4.69) is 4.90 Å². The summed E-state index contributed by atoms with van der Waals surface area (Å²) in [5.41, 5.74) is -0.681. The molecular weight excluding hydrogens is 442 g/mol. The minimum Gasteiger partial charge on any atom is -0.385 e. The molecule has 8 heteroatoms. The van der Waals surface area contributed by atoms with Crippen LogP contribution in [0.5, 0.6) is 0 Å². The molecule has 1 saturated carbocycles. The Morgan fingerprint density at radius 2 is 1.82 bits per heavy atom. The highest BCUT2D eigenvalue weighted by molar-refractivity contribution is 6.32. The number of piperazine rings is 1. The molecule has 3 fully saturated rings. The Kier molecular flexibility index (Phi) is 7.72. The lowest BCUT2D eigenvalue weighted by Gasteiger charge is -2.39. The van der Waals surface area contributed by atoms with Crippen molar-refractivity contribution < 1.29 is 19.1 Å². The first kappa shape index (κ1) is 24.2. The summed E-state index contributed by atoms with van der Waals surface area (Å²) in [5.74, 6) is -0.662. The summed E-state index contributed by atoms with van der Waals surface area (Å²) in [5, 5.41) is 0.413. The van der Waals surface area contributed by atoms with Crippen LogP contribution in [0.25, 0.3) is 0 Å². The molecule has 1 aliphatic carbocycles. The fraction of sp³-hybridized carbons (Fsp3) is 0.640. The van der Waals surface area contributed by atoms with Crippen molar-refractivity contribution in [2.24, 2.45) is 0 Å². The molecule has 0 N–H and O–H groups in total. The zero-order valence-electron chi connectivity index (χ0n) is 19.4. The highest BCUT2D eigenvalue weighted by atomic mass is 35.5. The lowest BCUT2D eigenvalue weighted by molar-refractivity contribution is -0.143. The maximum Gasteiger partial charge on any atom is 0.240 e. The Labute approximate surface area is 201 Å². The second-order valence-electron chi connectivity index (χ2n) is 9.47. The summed E-state index contributed by atoms with van der Waals surface area (Å²) in [6.45, 7) is 3.80. The Morgan fingerprint density at radius 1 is 1.12 bits per heavy atom. The van der Waals surface area contributed by atoms with Gasteiger partial charge in [0.25, 0.3) is 0 Å². The highest BCUT2D eigenvalue weighted by Crippen LogP contribution is 2.43. The van der Waals surface area contributed by atoms with E-state index in [1.165, 1.54) is 30.6 Å². The minimum atomic E-state index is -1.25. The van der Waals surface area contributed by atoms with Crippen molar-refractivity contribution in [2.45, 2.75) is 56.4 Å². The number of amides is 3. The number of hydrogen-bond donors (Lipinski definition) is 0. The number of carbonyl (C=O) groups excluding carboxylic acids is 3. The van der Waals surface area contributed by atoms with Crippen molar-refractivity contribution in [3.63, 3.8) is 0 Å². The minimum absolute atomic E-state index is 0.0314. The van der Waals surface area contributed by atoms with Crippen LogP contribution in [0, 0.1) is 0 Å². The molecule has 3 aliphatic rings. The van der Waals surface area contributed by atoms with Crippen LogP contribution < -0.4 is 0 Å². The summed E-state index contributed by atoms with van der Waals surface area (Å²) in [7, 11) is 1.59. The summed E-state index contributed by atoms with van der Waals surface area (Å²) < 4.78 is 5.08. The quantitative estimate of drug-likeness (QED) is 0.427. The molecule has 3 amide bonds. The zero-order valence-corrected chi connectivity index (χ0v) is 20.2. The van der Waals surface area contributed by atoms with E-state index in [9.17, 15) is 14.4 Å². The molecule has 2 aliphatic heterocycles. The molecule has 0 aromatic heterocycles. The first-order valence-corrected chi connectivity index (χ1v) is 12.4. The van der Waals surface area contributed by atoms with Crippen molar-refractivity contribution in [2.75, 3.05) is 46.4 Å². The number of benzene rings is 1. The maximum absolute atomic E-state index is 13.7. The number of likely N-dealkylation sites (tertiary alicyclic amines) is 1. The first-order chi connectivity index (χ1) is 16.0. The molecule has 0 bridgehead atoms. The average molecular weight is 476 g/mol. The molecule has 1 aromatic rings. The molecule has 2 saturated heterocycles. The summed E-state index contributed by atoms with van der Waals surface area (Å²) >= 11 is 6.51. The molecule has 4 rings (SSSR count). The van der Waals surface area contributed by atoms with Crippen molar-refractivity contribution in [3.05, 3.63) is 34.9 Å². The van der Waals surface area contributed by atoms with Gasteiger partial charge >= 0.3 is 0 Å². The molecule has 1 atom stereocenters.